The van der Waals surface area contributed by atoms with E-state index in [9.17, 15) is 4.79 Å². The SMILES string of the molecule is CN(C)C(C)(C)CNC1CCC(NC(=O)OC(C)(C)C)C1. The molecule has 0 aromatic carbocycles. The van der Waals surface area contributed by atoms with Gasteiger partial charge < -0.3 is 20.3 Å². The van der Waals surface area contributed by atoms with Crippen molar-refractivity contribution in [3.8, 4) is 0 Å². The summed E-state index contributed by atoms with van der Waals surface area (Å²) in [6.07, 6.45) is 2.79. The fourth-order valence-electron chi connectivity index (χ4n) is 2.32. The highest BCUT2D eigenvalue weighted by Gasteiger charge is 2.29. The first-order valence-electron chi connectivity index (χ1n) is 7.90. The fraction of sp³-hybridized carbons (Fsp3) is 0.938. The number of ether oxygens (including phenoxy) is 1. The summed E-state index contributed by atoms with van der Waals surface area (Å²) in [5.74, 6) is 0. The van der Waals surface area contributed by atoms with Crippen LogP contribution in [0.25, 0.3) is 0 Å². The van der Waals surface area contributed by atoms with Crippen LogP contribution in [-0.4, -0.2) is 54.9 Å². The minimum absolute atomic E-state index is 0.136. The van der Waals surface area contributed by atoms with Crippen LogP contribution in [0.15, 0.2) is 0 Å². The van der Waals surface area contributed by atoms with Crippen molar-refractivity contribution in [3.63, 3.8) is 0 Å². The highest BCUT2D eigenvalue weighted by molar-refractivity contribution is 5.68. The molecule has 1 saturated carbocycles. The van der Waals surface area contributed by atoms with Crippen molar-refractivity contribution in [1.82, 2.24) is 15.5 Å². The van der Waals surface area contributed by atoms with Gasteiger partial charge in [0, 0.05) is 24.2 Å². The van der Waals surface area contributed by atoms with E-state index in [1.54, 1.807) is 0 Å². The number of likely N-dealkylation sites (N-methyl/N-ethyl adjacent to an activating group) is 1. The van der Waals surface area contributed by atoms with Gasteiger partial charge in [-0.25, -0.2) is 4.79 Å². The third-order valence-corrected chi connectivity index (χ3v) is 4.19. The number of alkyl carbamates (subject to hydrolysis) is 1. The van der Waals surface area contributed by atoms with Crippen molar-refractivity contribution in [3.05, 3.63) is 0 Å². The Morgan fingerprint density at radius 3 is 2.24 bits per heavy atom. The topological polar surface area (TPSA) is 53.6 Å². The molecule has 1 amide bonds. The van der Waals surface area contributed by atoms with Crippen LogP contribution in [0.3, 0.4) is 0 Å². The third kappa shape index (κ3) is 6.66. The Bertz CT molecular complexity index is 348. The van der Waals surface area contributed by atoms with Crippen molar-refractivity contribution in [2.75, 3.05) is 20.6 Å². The number of carbonyl (C=O) groups excluding carboxylic acids is 1. The molecule has 1 fully saturated rings. The predicted octanol–water partition coefficient (Wildman–Crippen LogP) is 2.36. The van der Waals surface area contributed by atoms with Gasteiger partial charge in [0.15, 0.2) is 0 Å². The first-order valence-corrected chi connectivity index (χ1v) is 7.90. The van der Waals surface area contributed by atoms with Crippen LogP contribution in [-0.2, 0) is 4.74 Å². The summed E-state index contributed by atoms with van der Waals surface area (Å²) in [6.45, 7) is 11.1. The van der Waals surface area contributed by atoms with Gasteiger partial charge in [-0.1, -0.05) is 0 Å². The Morgan fingerprint density at radius 2 is 1.71 bits per heavy atom. The fourth-order valence-corrected chi connectivity index (χ4v) is 2.32. The Kier molecular flexibility index (Phi) is 6.05. The van der Waals surface area contributed by atoms with Gasteiger partial charge in [0.2, 0.25) is 0 Å². The molecule has 21 heavy (non-hydrogen) atoms. The second-order valence-electron chi connectivity index (χ2n) is 7.94. The van der Waals surface area contributed by atoms with Gasteiger partial charge >= 0.3 is 6.09 Å². The van der Waals surface area contributed by atoms with Gasteiger partial charge in [-0.3, -0.25) is 0 Å². The molecule has 0 bridgehead atoms. The van der Waals surface area contributed by atoms with Crippen molar-refractivity contribution in [2.24, 2.45) is 0 Å². The van der Waals surface area contributed by atoms with Crippen LogP contribution in [0.1, 0.15) is 53.9 Å². The molecule has 0 heterocycles. The molecular formula is C16H33N3O2. The van der Waals surface area contributed by atoms with E-state index in [0.717, 1.165) is 25.8 Å². The molecule has 2 atom stereocenters. The summed E-state index contributed by atoms with van der Waals surface area (Å²) < 4.78 is 5.30. The lowest BCUT2D eigenvalue weighted by atomic mass is 10.0. The van der Waals surface area contributed by atoms with E-state index < -0.39 is 5.60 Å². The lowest BCUT2D eigenvalue weighted by Crippen LogP contribution is -2.49. The second-order valence-corrected chi connectivity index (χ2v) is 7.94. The molecule has 0 spiro atoms. The van der Waals surface area contributed by atoms with E-state index in [1.807, 2.05) is 20.8 Å². The minimum Gasteiger partial charge on any atom is -0.444 e. The Morgan fingerprint density at radius 1 is 1.14 bits per heavy atom. The van der Waals surface area contributed by atoms with Gasteiger partial charge in [0.25, 0.3) is 0 Å². The van der Waals surface area contributed by atoms with Crippen LogP contribution in [0, 0.1) is 0 Å². The summed E-state index contributed by atoms with van der Waals surface area (Å²) >= 11 is 0. The van der Waals surface area contributed by atoms with E-state index >= 15 is 0 Å². The van der Waals surface area contributed by atoms with Crippen LogP contribution in [0.5, 0.6) is 0 Å². The number of carbonyl (C=O) groups is 1. The number of rotatable bonds is 5. The van der Waals surface area contributed by atoms with E-state index in [4.69, 9.17) is 4.74 Å². The maximum Gasteiger partial charge on any atom is 0.407 e. The van der Waals surface area contributed by atoms with Gasteiger partial charge in [-0.2, -0.15) is 0 Å². The highest BCUT2D eigenvalue weighted by Crippen LogP contribution is 2.21. The summed E-state index contributed by atoms with van der Waals surface area (Å²) in [6, 6.07) is 0.698. The zero-order valence-electron chi connectivity index (χ0n) is 14.7. The monoisotopic (exact) mass is 299 g/mol. The number of hydrogen-bond acceptors (Lipinski definition) is 4. The normalized spacial score (nSPS) is 23.4. The average molecular weight is 299 g/mol. The summed E-state index contributed by atoms with van der Waals surface area (Å²) in [5, 5.41) is 6.59. The Labute approximate surface area is 129 Å². The van der Waals surface area contributed by atoms with Gasteiger partial charge in [-0.05, 0) is 68.0 Å². The standard InChI is InChI=1S/C16H33N3O2/c1-15(2,3)21-14(20)18-13-9-8-12(10-13)17-11-16(4,5)19(6)7/h12-13,17H,8-11H2,1-7H3,(H,18,20). The van der Waals surface area contributed by atoms with Gasteiger partial charge in [0.1, 0.15) is 5.60 Å². The smallest absolute Gasteiger partial charge is 0.407 e. The lowest BCUT2D eigenvalue weighted by Gasteiger charge is -2.34. The second kappa shape index (κ2) is 6.97. The number of nitrogens with one attached hydrogen (secondary N) is 2. The zero-order valence-corrected chi connectivity index (χ0v) is 14.7. The summed E-state index contributed by atoms with van der Waals surface area (Å²) in [5.41, 5.74) is -0.299. The largest absolute Gasteiger partial charge is 0.444 e. The molecule has 0 radical (unpaired) electrons. The molecule has 0 aromatic rings. The van der Waals surface area contributed by atoms with E-state index in [-0.39, 0.29) is 17.7 Å². The molecule has 5 heteroatoms. The zero-order chi connectivity index (χ0) is 16.3. The Hall–Kier alpha value is -0.810. The number of amides is 1. The van der Waals surface area contributed by atoms with Crippen LogP contribution >= 0.6 is 0 Å². The lowest BCUT2D eigenvalue weighted by molar-refractivity contribution is 0.0505. The highest BCUT2D eigenvalue weighted by atomic mass is 16.6. The van der Waals surface area contributed by atoms with E-state index in [2.05, 4.69) is 43.5 Å². The third-order valence-electron chi connectivity index (χ3n) is 4.19. The molecule has 0 saturated heterocycles. The maximum absolute atomic E-state index is 11.8. The molecule has 124 valence electrons. The molecule has 2 N–H and O–H groups in total. The first kappa shape index (κ1) is 18.2. The average Bonchev–Trinajstić information content (AvgIpc) is 2.71. The predicted molar refractivity (Wildman–Crippen MR) is 86.6 cm³/mol. The molecule has 1 aliphatic rings. The van der Waals surface area contributed by atoms with Crippen LogP contribution < -0.4 is 10.6 Å². The molecule has 2 unspecified atom stereocenters. The van der Waals surface area contributed by atoms with Crippen LogP contribution in [0.4, 0.5) is 4.79 Å². The Balaban J connectivity index is 2.31. The molecule has 1 aliphatic carbocycles. The van der Waals surface area contributed by atoms with Crippen molar-refractivity contribution in [2.45, 2.75) is 77.1 Å². The van der Waals surface area contributed by atoms with Gasteiger partial charge in [-0.15, -0.1) is 0 Å². The molecule has 5 nitrogen and oxygen atoms in total. The number of hydrogen-bond donors (Lipinski definition) is 2. The first-order chi connectivity index (χ1) is 9.49. The van der Waals surface area contributed by atoms with Crippen molar-refractivity contribution >= 4 is 6.09 Å². The summed E-state index contributed by atoms with van der Waals surface area (Å²) in [7, 11) is 4.20. The summed E-state index contributed by atoms with van der Waals surface area (Å²) in [4.78, 5) is 14.0. The molecule has 1 rings (SSSR count). The quantitative estimate of drug-likeness (QED) is 0.818. The molecule has 0 aromatic heterocycles. The van der Waals surface area contributed by atoms with Crippen molar-refractivity contribution in [1.29, 1.82) is 0 Å². The van der Waals surface area contributed by atoms with Gasteiger partial charge in [0.05, 0.1) is 0 Å². The van der Waals surface area contributed by atoms with Crippen LogP contribution in [0.2, 0.25) is 0 Å². The van der Waals surface area contributed by atoms with E-state index in [1.165, 1.54) is 0 Å². The maximum atomic E-state index is 11.8. The molecular weight excluding hydrogens is 266 g/mol. The molecule has 0 aliphatic heterocycles. The van der Waals surface area contributed by atoms with Crippen molar-refractivity contribution < 1.29 is 9.53 Å². The number of nitrogens with zero attached hydrogens (tertiary/aromatic N) is 1. The van der Waals surface area contributed by atoms with E-state index in [0.29, 0.717) is 6.04 Å². The minimum atomic E-state index is -0.434.